The molecule has 1 saturated heterocycles. The average Bonchev–Trinajstić information content (AvgIpc) is 2.74. The number of piperazine rings is 1. The van der Waals surface area contributed by atoms with Crippen molar-refractivity contribution in [1.29, 1.82) is 0 Å². The first-order chi connectivity index (χ1) is 14.1. The molecule has 1 aliphatic rings. The summed E-state index contributed by atoms with van der Waals surface area (Å²) in [5, 5.41) is 0. The zero-order valence-corrected chi connectivity index (χ0v) is 17.5. The lowest BCUT2D eigenvalue weighted by Crippen LogP contribution is -2.51. The van der Waals surface area contributed by atoms with E-state index in [2.05, 4.69) is 17.0 Å². The number of amides is 2. The first-order valence-corrected chi connectivity index (χ1v) is 10.4. The Morgan fingerprint density at radius 2 is 1.59 bits per heavy atom. The molecule has 0 unspecified atom stereocenters. The van der Waals surface area contributed by atoms with Crippen LogP contribution in [0.1, 0.15) is 23.6 Å². The van der Waals surface area contributed by atoms with Crippen molar-refractivity contribution in [3.63, 3.8) is 0 Å². The van der Waals surface area contributed by atoms with E-state index < -0.39 is 0 Å². The molecule has 0 N–H and O–H groups in total. The molecule has 0 aliphatic carbocycles. The van der Waals surface area contributed by atoms with Gasteiger partial charge in [-0.25, -0.2) is 0 Å². The summed E-state index contributed by atoms with van der Waals surface area (Å²) in [7, 11) is 0. The topological polar surface area (TPSA) is 43.9 Å². The van der Waals surface area contributed by atoms with E-state index in [4.69, 9.17) is 0 Å². The van der Waals surface area contributed by atoms with Crippen LogP contribution in [0.4, 0.5) is 0 Å². The standard InChI is InChI=1S/C24H31N3O2/c1-3-26(18-21-10-5-4-6-11-21)24(29)19-25-13-15-27(16-14-25)23(28)17-22-12-8-7-9-20(22)2/h4-12H,3,13-19H2,1-2H3. The van der Waals surface area contributed by atoms with Gasteiger partial charge in [0.05, 0.1) is 13.0 Å². The largest absolute Gasteiger partial charge is 0.340 e. The maximum absolute atomic E-state index is 12.7. The van der Waals surface area contributed by atoms with Gasteiger partial charge < -0.3 is 9.80 Å². The van der Waals surface area contributed by atoms with Gasteiger partial charge >= 0.3 is 0 Å². The number of carbonyl (C=O) groups is 2. The Hall–Kier alpha value is -2.66. The molecule has 2 aromatic carbocycles. The van der Waals surface area contributed by atoms with Gasteiger partial charge in [-0.05, 0) is 30.5 Å². The lowest BCUT2D eigenvalue weighted by molar-refractivity contribution is -0.135. The minimum absolute atomic E-state index is 0.149. The molecule has 3 rings (SSSR count). The van der Waals surface area contributed by atoms with Crippen LogP contribution >= 0.6 is 0 Å². The number of rotatable bonds is 7. The number of aryl methyl sites for hydroxylation is 1. The van der Waals surface area contributed by atoms with Gasteiger partial charge in [-0.2, -0.15) is 0 Å². The fraction of sp³-hybridized carbons (Fsp3) is 0.417. The Morgan fingerprint density at radius 1 is 0.931 bits per heavy atom. The van der Waals surface area contributed by atoms with Crippen molar-refractivity contribution in [3.05, 3.63) is 71.3 Å². The van der Waals surface area contributed by atoms with Crippen LogP contribution in [-0.2, 0) is 22.6 Å². The highest BCUT2D eigenvalue weighted by Gasteiger charge is 2.24. The minimum Gasteiger partial charge on any atom is -0.340 e. The smallest absolute Gasteiger partial charge is 0.237 e. The van der Waals surface area contributed by atoms with Gasteiger partial charge in [0.25, 0.3) is 0 Å². The number of hydrogen-bond donors (Lipinski definition) is 0. The lowest BCUT2D eigenvalue weighted by atomic mass is 10.1. The number of benzene rings is 2. The molecule has 0 radical (unpaired) electrons. The average molecular weight is 394 g/mol. The summed E-state index contributed by atoms with van der Waals surface area (Å²) in [5.74, 6) is 0.320. The second-order valence-corrected chi connectivity index (χ2v) is 7.65. The molecule has 0 aromatic heterocycles. The van der Waals surface area contributed by atoms with Gasteiger partial charge in [0.2, 0.25) is 11.8 Å². The first kappa shape index (κ1) is 21.1. The van der Waals surface area contributed by atoms with Gasteiger partial charge in [-0.15, -0.1) is 0 Å². The SMILES string of the molecule is CCN(Cc1ccccc1)C(=O)CN1CCN(C(=O)Cc2ccccc2C)CC1. The molecule has 1 aliphatic heterocycles. The van der Waals surface area contributed by atoms with Gasteiger partial charge in [0, 0.05) is 39.3 Å². The number of hydrogen-bond acceptors (Lipinski definition) is 3. The molecule has 2 aromatic rings. The Bertz CT molecular complexity index is 814. The Kier molecular flexibility index (Phi) is 7.42. The van der Waals surface area contributed by atoms with Crippen molar-refractivity contribution in [2.75, 3.05) is 39.3 Å². The number of nitrogens with zero attached hydrogens (tertiary/aromatic N) is 3. The van der Waals surface area contributed by atoms with E-state index in [9.17, 15) is 9.59 Å². The highest BCUT2D eigenvalue weighted by atomic mass is 16.2. The van der Waals surface area contributed by atoms with Crippen LogP contribution in [0, 0.1) is 6.92 Å². The Morgan fingerprint density at radius 3 is 2.24 bits per heavy atom. The van der Waals surface area contributed by atoms with Crippen molar-refractivity contribution in [2.45, 2.75) is 26.8 Å². The third-order valence-electron chi connectivity index (χ3n) is 5.64. The molecular formula is C24H31N3O2. The predicted molar refractivity (Wildman–Crippen MR) is 115 cm³/mol. The molecule has 5 heteroatoms. The van der Waals surface area contributed by atoms with Gasteiger partial charge in [0.15, 0.2) is 0 Å². The van der Waals surface area contributed by atoms with Gasteiger partial charge in [-0.1, -0.05) is 54.6 Å². The zero-order valence-electron chi connectivity index (χ0n) is 17.5. The molecule has 0 atom stereocenters. The van der Waals surface area contributed by atoms with Crippen LogP contribution in [-0.4, -0.2) is 65.8 Å². The monoisotopic (exact) mass is 393 g/mol. The maximum atomic E-state index is 12.7. The van der Waals surface area contributed by atoms with Crippen LogP contribution < -0.4 is 0 Å². The van der Waals surface area contributed by atoms with E-state index in [1.807, 2.05) is 66.1 Å². The Labute approximate surface area is 173 Å². The Balaban J connectivity index is 1.46. The van der Waals surface area contributed by atoms with E-state index >= 15 is 0 Å². The summed E-state index contributed by atoms with van der Waals surface area (Å²) >= 11 is 0. The molecule has 154 valence electrons. The molecule has 5 nitrogen and oxygen atoms in total. The molecular weight excluding hydrogens is 362 g/mol. The van der Waals surface area contributed by atoms with Crippen LogP contribution in [0.25, 0.3) is 0 Å². The van der Waals surface area contributed by atoms with Crippen molar-refractivity contribution in [3.8, 4) is 0 Å². The molecule has 1 heterocycles. The first-order valence-electron chi connectivity index (χ1n) is 10.4. The quantitative estimate of drug-likeness (QED) is 0.727. The third kappa shape index (κ3) is 5.91. The van der Waals surface area contributed by atoms with Crippen molar-refractivity contribution < 1.29 is 9.59 Å². The molecule has 1 fully saturated rings. The summed E-state index contributed by atoms with van der Waals surface area (Å²) < 4.78 is 0. The van der Waals surface area contributed by atoms with E-state index in [0.717, 1.165) is 29.8 Å². The molecule has 0 bridgehead atoms. The predicted octanol–water partition coefficient (Wildman–Crippen LogP) is 2.73. The lowest BCUT2D eigenvalue weighted by Gasteiger charge is -2.35. The van der Waals surface area contributed by atoms with E-state index in [1.165, 1.54) is 0 Å². The highest BCUT2D eigenvalue weighted by molar-refractivity contribution is 5.80. The number of carbonyl (C=O) groups excluding carboxylic acids is 2. The fourth-order valence-corrected chi connectivity index (χ4v) is 3.71. The van der Waals surface area contributed by atoms with Crippen molar-refractivity contribution in [1.82, 2.24) is 14.7 Å². The summed E-state index contributed by atoms with van der Waals surface area (Å²) in [4.78, 5) is 31.4. The number of likely N-dealkylation sites (N-methyl/N-ethyl adjacent to an activating group) is 1. The minimum atomic E-state index is 0.149. The third-order valence-corrected chi connectivity index (χ3v) is 5.64. The summed E-state index contributed by atoms with van der Waals surface area (Å²) in [6.07, 6.45) is 0.451. The maximum Gasteiger partial charge on any atom is 0.237 e. The fourth-order valence-electron chi connectivity index (χ4n) is 3.71. The van der Waals surface area contributed by atoms with E-state index in [1.54, 1.807) is 0 Å². The van der Waals surface area contributed by atoms with E-state index in [-0.39, 0.29) is 11.8 Å². The van der Waals surface area contributed by atoms with E-state index in [0.29, 0.717) is 39.1 Å². The normalized spacial score (nSPS) is 14.6. The molecule has 2 amide bonds. The molecule has 0 spiro atoms. The second kappa shape index (κ2) is 10.2. The summed E-state index contributed by atoms with van der Waals surface area (Å²) in [6, 6.07) is 18.1. The van der Waals surface area contributed by atoms with Crippen molar-refractivity contribution >= 4 is 11.8 Å². The zero-order chi connectivity index (χ0) is 20.6. The van der Waals surface area contributed by atoms with Crippen LogP contribution in [0.3, 0.4) is 0 Å². The summed E-state index contributed by atoms with van der Waals surface area (Å²) in [6.45, 7) is 8.67. The van der Waals surface area contributed by atoms with Gasteiger partial charge in [-0.3, -0.25) is 14.5 Å². The van der Waals surface area contributed by atoms with Crippen LogP contribution in [0.2, 0.25) is 0 Å². The molecule has 29 heavy (non-hydrogen) atoms. The van der Waals surface area contributed by atoms with Crippen LogP contribution in [0.5, 0.6) is 0 Å². The second-order valence-electron chi connectivity index (χ2n) is 7.65. The van der Waals surface area contributed by atoms with Crippen LogP contribution in [0.15, 0.2) is 54.6 Å². The molecule has 0 saturated carbocycles. The van der Waals surface area contributed by atoms with Gasteiger partial charge in [0.1, 0.15) is 0 Å². The highest BCUT2D eigenvalue weighted by Crippen LogP contribution is 2.12. The summed E-state index contributed by atoms with van der Waals surface area (Å²) in [5.41, 5.74) is 3.40. The van der Waals surface area contributed by atoms with Crippen molar-refractivity contribution in [2.24, 2.45) is 0 Å².